The average Bonchev–Trinajstić information content (AvgIpc) is 2.76. The number of ether oxygens (including phenoxy) is 2. The average molecular weight is 438 g/mol. The molecule has 6 rings (SSSR count). The molecule has 0 spiro atoms. The summed E-state index contributed by atoms with van der Waals surface area (Å²) in [6, 6.07) is 8.18. The van der Waals surface area contributed by atoms with Gasteiger partial charge >= 0.3 is 0 Å². The summed E-state index contributed by atoms with van der Waals surface area (Å²) in [5, 5.41) is 22.4. The van der Waals surface area contributed by atoms with Gasteiger partial charge in [0, 0.05) is 29.8 Å². The van der Waals surface area contributed by atoms with E-state index in [4.69, 9.17) is 9.47 Å². The minimum absolute atomic E-state index is 0.0189. The highest BCUT2D eigenvalue weighted by Gasteiger charge is 2.52. The molecule has 6 heteroatoms. The predicted molar refractivity (Wildman–Crippen MR) is 120 cm³/mol. The molecule has 4 fully saturated rings. The van der Waals surface area contributed by atoms with Crippen molar-refractivity contribution in [2.24, 2.45) is 17.8 Å². The fraction of sp³-hybridized carbons (Fsp3) is 0.500. The van der Waals surface area contributed by atoms with Gasteiger partial charge < -0.3 is 25.0 Å². The van der Waals surface area contributed by atoms with Crippen LogP contribution in [0.4, 0.5) is 0 Å². The van der Waals surface area contributed by atoms with E-state index in [0.29, 0.717) is 16.9 Å². The maximum absolute atomic E-state index is 13.2. The minimum atomic E-state index is -0.261. The van der Waals surface area contributed by atoms with Gasteiger partial charge in [0.2, 0.25) is 0 Å². The third-order valence-electron chi connectivity index (χ3n) is 7.88. The van der Waals surface area contributed by atoms with Crippen LogP contribution in [-0.2, 0) is 12.0 Å². The molecule has 4 aliphatic rings. The second-order valence-electron chi connectivity index (χ2n) is 9.95. The lowest BCUT2D eigenvalue weighted by Gasteiger charge is -2.57. The lowest BCUT2D eigenvalue weighted by Crippen LogP contribution is -2.48. The van der Waals surface area contributed by atoms with E-state index in [0.717, 1.165) is 29.1 Å². The molecule has 0 aromatic heterocycles. The number of hydrogen-bond acceptors (Lipinski definition) is 5. The molecule has 0 aliphatic heterocycles. The highest BCUT2D eigenvalue weighted by atomic mass is 16.5. The van der Waals surface area contributed by atoms with E-state index in [1.54, 1.807) is 20.3 Å². The number of carbonyl (C=O) groups excluding carboxylic acids is 1. The summed E-state index contributed by atoms with van der Waals surface area (Å²) >= 11 is 0. The molecule has 170 valence electrons. The molecular formula is C26H31NO5. The Bertz CT molecular complexity index is 1010. The fourth-order valence-electron chi connectivity index (χ4n) is 6.90. The van der Waals surface area contributed by atoms with Gasteiger partial charge in [-0.05, 0) is 79.9 Å². The normalized spacial score (nSPS) is 27.9. The quantitative estimate of drug-likeness (QED) is 0.619. The van der Waals surface area contributed by atoms with Crippen LogP contribution in [0.15, 0.2) is 30.3 Å². The van der Waals surface area contributed by atoms with Gasteiger partial charge in [-0.2, -0.15) is 0 Å². The Morgan fingerprint density at radius 3 is 2.16 bits per heavy atom. The number of nitrogens with one attached hydrogen (secondary N) is 1. The molecule has 4 aliphatic carbocycles. The van der Waals surface area contributed by atoms with E-state index in [2.05, 4.69) is 5.32 Å². The van der Waals surface area contributed by atoms with Gasteiger partial charge in [-0.1, -0.05) is 0 Å². The first kappa shape index (κ1) is 21.0. The van der Waals surface area contributed by atoms with Crippen molar-refractivity contribution in [2.45, 2.75) is 50.5 Å². The van der Waals surface area contributed by atoms with E-state index >= 15 is 0 Å². The summed E-state index contributed by atoms with van der Waals surface area (Å²) in [7, 11) is 3.24. The van der Waals surface area contributed by atoms with Crippen molar-refractivity contribution in [2.75, 3.05) is 14.2 Å². The number of aromatic hydroxyl groups is 2. The molecule has 0 atom stereocenters. The van der Waals surface area contributed by atoms with E-state index in [9.17, 15) is 15.0 Å². The Morgan fingerprint density at radius 2 is 1.59 bits per heavy atom. The number of benzene rings is 2. The monoisotopic (exact) mass is 437 g/mol. The first-order valence-electron chi connectivity index (χ1n) is 11.5. The Morgan fingerprint density at radius 1 is 0.969 bits per heavy atom. The molecule has 1 amide bonds. The van der Waals surface area contributed by atoms with Crippen LogP contribution in [0.25, 0.3) is 0 Å². The van der Waals surface area contributed by atoms with Crippen LogP contribution in [0.1, 0.15) is 60.0 Å². The van der Waals surface area contributed by atoms with Crippen LogP contribution >= 0.6 is 0 Å². The SMILES string of the molecule is COc1cc(OC)c(C23CC4CC(CC(C4)C2)C3)cc1C(=O)NCc1ccc(O)cc1O. The Labute approximate surface area is 188 Å². The standard InChI is InChI=1S/C26H31NO5/c1-31-23-10-24(32-2)21(26-11-15-5-16(12-26)7-17(6-15)13-26)9-20(23)25(30)27-14-18-3-4-19(28)8-22(18)29/h3-4,8-10,15-17,28-29H,5-7,11-14H2,1-2H3,(H,27,30). The second-order valence-corrected chi connectivity index (χ2v) is 9.95. The van der Waals surface area contributed by atoms with Crippen LogP contribution in [0, 0.1) is 17.8 Å². The Kier molecular flexibility index (Phi) is 5.19. The lowest BCUT2D eigenvalue weighted by molar-refractivity contribution is -0.00619. The largest absolute Gasteiger partial charge is 0.508 e. The molecular weight excluding hydrogens is 406 g/mol. The van der Waals surface area contributed by atoms with Crippen molar-refractivity contribution < 1.29 is 24.5 Å². The maximum atomic E-state index is 13.2. The molecule has 0 saturated heterocycles. The van der Waals surface area contributed by atoms with Crippen LogP contribution < -0.4 is 14.8 Å². The van der Waals surface area contributed by atoms with Gasteiger partial charge in [0.05, 0.1) is 19.8 Å². The summed E-state index contributed by atoms with van der Waals surface area (Å²) in [6.45, 7) is 0.146. The zero-order valence-corrected chi connectivity index (χ0v) is 18.7. The van der Waals surface area contributed by atoms with Gasteiger partial charge in [-0.3, -0.25) is 4.79 Å². The van der Waals surface area contributed by atoms with Gasteiger partial charge in [0.1, 0.15) is 23.0 Å². The number of methoxy groups -OCH3 is 2. The highest BCUT2D eigenvalue weighted by Crippen LogP contribution is 2.62. The number of phenolic OH excluding ortho intramolecular Hbond substituents is 2. The van der Waals surface area contributed by atoms with E-state index < -0.39 is 0 Å². The van der Waals surface area contributed by atoms with Crippen molar-refractivity contribution in [3.8, 4) is 23.0 Å². The van der Waals surface area contributed by atoms with Crippen LogP contribution in [0.2, 0.25) is 0 Å². The van der Waals surface area contributed by atoms with E-state index in [1.165, 1.54) is 50.7 Å². The molecule has 2 aromatic rings. The third kappa shape index (κ3) is 3.55. The molecule has 2 aromatic carbocycles. The van der Waals surface area contributed by atoms with Crippen LogP contribution in [0.3, 0.4) is 0 Å². The molecule has 0 unspecified atom stereocenters. The predicted octanol–water partition coefficient (Wildman–Crippen LogP) is 4.51. The van der Waals surface area contributed by atoms with Crippen molar-refractivity contribution >= 4 is 5.91 Å². The maximum Gasteiger partial charge on any atom is 0.255 e. The van der Waals surface area contributed by atoms with Crippen LogP contribution in [0.5, 0.6) is 23.0 Å². The van der Waals surface area contributed by atoms with Crippen molar-refractivity contribution in [1.82, 2.24) is 5.32 Å². The number of hydrogen-bond donors (Lipinski definition) is 3. The summed E-state index contributed by atoms with van der Waals surface area (Å²) in [5.74, 6) is 3.28. The Hall–Kier alpha value is -2.89. The molecule has 6 nitrogen and oxygen atoms in total. The van der Waals surface area contributed by atoms with Gasteiger partial charge in [0.15, 0.2) is 0 Å². The van der Waals surface area contributed by atoms with Crippen molar-refractivity contribution in [3.05, 3.63) is 47.0 Å². The highest BCUT2D eigenvalue weighted by molar-refractivity contribution is 5.97. The van der Waals surface area contributed by atoms with Gasteiger partial charge in [-0.25, -0.2) is 0 Å². The second kappa shape index (κ2) is 7.91. The van der Waals surface area contributed by atoms with Gasteiger partial charge in [-0.15, -0.1) is 0 Å². The van der Waals surface area contributed by atoms with Crippen molar-refractivity contribution in [3.63, 3.8) is 0 Å². The summed E-state index contributed by atoms with van der Waals surface area (Å²) in [5.41, 5.74) is 2.23. The molecule has 32 heavy (non-hydrogen) atoms. The van der Waals surface area contributed by atoms with Gasteiger partial charge in [0.25, 0.3) is 5.91 Å². The number of carbonyl (C=O) groups is 1. The summed E-state index contributed by atoms with van der Waals surface area (Å²) in [6.07, 6.45) is 7.56. The minimum Gasteiger partial charge on any atom is -0.508 e. The zero-order chi connectivity index (χ0) is 22.5. The Balaban J connectivity index is 1.46. The third-order valence-corrected chi connectivity index (χ3v) is 7.88. The number of phenols is 2. The number of amides is 1. The number of rotatable bonds is 6. The molecule has 0 heterocycles. The first-order valence-corrected chi connectivity index (χ1v) is 11.5. The molecule has 0 radical (unpaired) electrons. The molecule has 4 bridgehead atoms. The molecule has 4 saturated carbocycles. The summed E-state index contributed by atoms with van der Waals surface area (Å²) < 4.78 is 11.4. The fourth-order valence-corrected chi connectivity index (χ4v) is 6.90. The lowest BCUT2D eigenvalue weighted by atomic mass is 9.48. The smallest absolute Gasteiger partial charge is 0.255 e. The van der Waals surface area contributed by atoms with Crippen molar-refractivity contribution in [1.29, 1.82) is 0 Å². The van der Waals surface area contributed by atoms with Crippen LogP contribution in [-0.4, -0.2) is 30.3 Å². The zero-order valence-electron chi connectivity index (χ0n) is 18.7. The topological polar surface area (TPSA) is 88.0 Å². The summed E-state index contributed by atoms with van der Waals surface area (Å²) in [4.78, 5) is 13.2. The van der Waals surface area contributed by atoms with E-state index in [1.807, 2.05) is 12.1 Å². The first-order chi connectivity index (χ1) is 15.4. The molecule has 3 N–H and O–H groups in total. The van der Waals surface area contributed by atoms with E-state index in [-0.39, 0.29) is 29.4 Å².